The van der Waals surface area contributed by atoms with E-state index >= 15 is 0 Å². The van der Waals surface area contributed by atoms with Gasteiger partial charge in [0.15, 0.2) is 0 Å². The standard InChI is InChI=1S/C9H8F5N/c10-7-3-1-2-6(4-7)8(11,5-15)9(12,13)14/h1-4H,5,15H2. The number of hydrogen-bond acceptors (Lipinski definition) is 1. The van der Waals surface area contributed by atoms with E-state index in [1.165, 1.54) is 0 Å². The highest BCUT2D eigenvalue weighted by atomic mass is 19.4. The Morgan fingerprint density at radius 1 is 1.13 bits per heavy atom. The van der Waals surface area contributed by atoms with E-state index in [1.54, 1.807) is 0 Å². The van der Waals surface area contributed by atoms with Crippen LogP contribution in [0.4, 0.5) is 22.0 Å². The van der Waals surface area contributed by atoms with Crippen molar-refractivity contribution in [2.45, 2.75) is 11.8 Å². The predicted molar refractivity (Wildman–Crippen MR) is 44.3 cm³/mol. The molecule has 15 heavy (non-hydrogen) atoms. The Bertz CT molecular complexity index is 349. The fourth-order valence-corrected chi connectivity index (χ4v) is 1.13. The molecule has 0 aliphatic rings. The molecule has 0 bridgehead atoms. The van der Waals surface area contributed by atoms with Crippen molar-refractivity contribution in [2.75, 3.05) is 6.54 Å². The van der Waals surface area contributed by atoms with Crippen molar-refractivity contribution in [1.82, 2.24) is 0 Å². The van der Waals surface area contributed by atoms with Crippen LogP contribution in [0, 0.1) is 5.82 Å². The maximum Gasteiger partial charge on any atom is 0.428 e. The lowest BCUT2D eigenvalue weighted by molar-refractivity contribution is -0.231. The van der Waals surface area contributed by atoms with E-state index in [9.17, 15) is 22.0 Å². The lowest BCUT2D eigenvalue weighted by Crippen LogP contribution is -2.44. The normalized spacial score (nSPS) is 16.1. The molecule has 0 amide bonds. The van der Waals surface area contributed by atoms with Crippen LogP contribution in [0.2, 0.25) is 0 Å². The van der Waals surface area contributed by atoms with E-state index in [0.29, 0.717) is 6.07 Å². The van der Waals surface area contributed by atoms with Crippen molar-refractivity contribution >= 4 is 0 Å². The highest BCUT2D eigenvalue weighted by Gasteiger charge is 2.56. The summed E-state index contributed by atoms with van der Waals surface area (Å²) in [6.07, 6.45) is -5.16. The largest absolute Gasteiger partial charge is 0.428 e. The maximum absolute atomic E-state index is 13.5. The van der Waals surface area contributed by atoms with Crippen molar-refractivity contribution in [1.29, 1.82) is 0 Å². The van der Waals surface area contributed by atoms with Crippen molar-refractivity contribution in [3.8, 4) is 0 Å². The van der Waals surface area contributed by atoms with E-state index in [4.69, 9.17) is 5.73 Å². The van der Waals surface area contributed by atoms with E-state index in [1.807, 2.05) is 0 Å². The van der Waals surface area contributed by atoms with Crippen LogP contribution in [-0.4, -0.2) is 12.7 Å². The molecule has 0 fully saturated rings. The Hall–Kier alpha value is -1.17. The van der Waals surface area contributed by atoms with Gasteiger partial charge in [0.25, 0.3) is 0 Å². The lowest BCUT2D eigenvalue weighted by Gasteiger charge is -2.26. The molecule has 0 saturated heterocycles. The van der Waals surface area contributed by atoms with Gasteiger partial charge in [-0.2, -0.15) is 13.2 Å². The first-order chi connectivity index (χ1) is 6.81. The smallest absolute Gasteiger partial charge is 0.327 e. The number of benzene rings is 1. The molecule has 0 saturated carbocycles. The first-order valence-electron chi connectivity index (χ1n) is 4.03. The third kappa shape index (κ3) is 2.09. The van der Waals surface area contributed by atoms with Gasteiger partial charge in [-0.15, -0.1) is 0 Å². The molecule has 0 aliphatic carbocycles. The second-order valence-corrected chi connectivity index (χ2v) is 3.01. The summed E-state index contributed by atoms with van der Waals surface area (Å²) >= 11 is 0. The fraction of sp³-hybridized carbons (Fsp3) is 0.333. The zero-order chi connectivity index (χ0) is 11.7. The Morgan fingerprint density at radius 3 is 2.13 bits per heavy atom. The highest BCUT2D eigenvalue weighted by Crippen LogP contribution is 2.41. The van der Waals surface area contributed by atoms with E-state index < -0.39 is 29.8 Å². The molecule has 6 heteroatoms. The van der Waals surface area contributed by atoms with Gasteiger partial charge < -0.3 is 5.73 Å². The van der Waals surface area contributed by atoms with Gasteiger partial charge in [-0.25, -0.2) is 8.78 Å². The number of alkyl halides is 4. The van der Waals surface area contributed by atoms with Crippen molar-refractivity contribution in [3.63, 3.8) is 0 Å². The summed E-state index contributed by atoms with van der Waals surface area (Å²) in [5.74, 6) is -0.938. The highest BCUT2D eigenvalue weighted by molar-refractivity contribution is 5.25. The fourth-order valence-electron chi connectivity index (χ4n) is 1.13. The zero-order valence-electron chi connectivity index (χ0n) is 7.48. The Kier molecular flexibility index (Phi) is 2.99. The van der Waals surface area contributed by atoms with E-state index in [-0.39, 0.29) is 0 Å². The molecule has 2 N–H and O–H groups in total. The molecule has 1 aromatic carbocycles. The zero-order valence-corrected chi connectivity index (χ0v) is 7.48. The van der Waals surface area contributed by atoms with Gasteiger partial charge in [-0.05, 0) is 12.1 Å². The van der Waals surface area contributed by atoms with Crippen LogP contribution in [0.15, 0.2) is 24.3 Å². The summed E-state index contributed by atoms with van der Waals surface area (Å²) in [5, 5.41) is 0. The molecule has 0 spiro atoms. The molecule has 1 nitrogen and oxygen atoms in total. The van der Waals surface area contributed by atoms with Crippen LogP contribution in [-0.2, 0) is 5.67 Å². The van der Waals surface area contributed by atoms with Crippen molar-refractivity contribution in [3.05, 3.63) is 35.6 Å². The van der Waals surface area contributed by atoms with Crippen molar-refractivity contribution < 1.29 is 22.0 Å². The van der Waals surface area contributed by atoms with Gasteiger partial charge >= 0.3 is 6.18 Å². The van der Waals surface area contributed by atoms with Gasteiger partial charge in [-0.3, -0.25) is 0 Å². The topological polar surface area (TPSA) is 26.0 Å². The predicted octanol–water partition coefficient (Wildman–Crippen LogP) is 2.51. The molecule has 0 radical (unpaired) electrons. The first kappa shape index (κ1) is 11.9. The molecular weight excluding hydrogens is 217 g/mol. The van der Waals surface area contributed by atoms with Crippen LogP contribution in [0.1, 0.15) is 5.56 Å². The van der Waals surface area contributed by atoms with Gasteiger partial charge in [0.1, 0.15) is 5.82 Å². The summed E-state index contributed by atoms with van der Waals surface area (Å²) < 4.78 is 63.2. The molecule has 1 rings (SSSR count). The number of hydrogen-bond donors (Lipinski definition) is 1. The summed E-state index contributed by atoms with van der Waals surface area (Å²) in [6.45, 7) is -1.28. The Morgan fingerprint density at radius 2 is 1.73 bits per heavy atom. The van der Waals surface area contributed by atoms with E-state index in [2.05, 4.69) is 0 Å². The molecule has 0 aromatic heterocycles. The minimum Gasteiger partial charge on any atom is -0.327 e. The maximum atomic E-state index is 13.5. The summed E-state index contributed by atoms with van der Waals surface area (Å²) in [7, 11) is 0. The minimum atomic E-state index is -5.16. The average Bonchev–Trinajstić information content (AvgIpc) is 2.14. The van der Waals surface area contributed by atoms with Crippen LogP contribution in [0.5, 0.6) is 0 Å². The average molecular weight is 225 g/mol. The molecule has 84 valence electrons. The Labute approximate surface area is 82.7 Å². The summed E-state index contributed by atoms with van der Waals surface area (Å²) in [5.41, 5.74) is 0.237. The quantitative estimate of drug-likeness (QED) is 0.769. The van der Waals surface area contributed by atoms with Gasteiger partial charge in [0, 0.05) is 12.1 Å². The van der Waals surface area contributed by atoms with Gasteiger partial charge in [-0.1, -0.05) is 12.1 Å². The monoisotopic (exact) mass is 225 g/mol. The second-order valence-electron chi connectivity index (χ2n) is 3.01. The van der Waals surface area contributed by atoms with Crippen LogP contribution < -0.4 is 5.73 Å². The van der Waals surface area contributed by atoms with Crippen LogP contribution >= 0.6 is 0 Å². The van der Waals surface area contributed by atoms with Crippen molar-refractivity contribution in [2.24, 2.45) is 5.73 Å². The number of halogens is 5. The number of rotatable bonds is 2. The van der Waals surface area contributed by atoms with Crippen LogP contribution in [0.3, 0.4) is 0 Å². The van der Waals surface area contributed by atoms with Gasteiger partial charge in [0.2, 0.25) is 5.67 Å². The molecule has 0 heterocycles. The Balaban J connectivity index is 3.23. The molecule has 1 aromatic rings. The summed E-state index contributed by atoms with van der Waals surface area (Å²) in [4.78, 5) is 0. The molecular formula is C9H8F5N. The minimum absolute atomic E-state index is 0.486. The lowest BCUT2D eigenvalue weighted by atomic mass is 9.95. The first-order valence-corrected chi connectivity index (χ1v) is 4.03. The molecule has 0 aliphatic heterocycles. The third-order valence-electron chi connectivity index (χ3n) is 2.01. The summed E-state index contributed by atoms with van der Waals surface area (Å²) in [6, 6.07) is 3.26. The number of nitrogens with two attached hydrogens (primary N) is 1. The third-order valence-corrected chi connectivity index (χ3v) is 2.01. The molecule has 1 atom stereocenters. The molecule has 1 unspecified atom stereocenters. The van der Waals surface area contributed by atoms with E-state index in [0.717, 1.165) is 18.2 Å². The second kappa shape index (κ2) is 3.77. The van der Waals surface area contributed by atoms with Gasteiger partial charge in [0.05, 0.1) is 0 Å². The SMILES string of the molecule is NCC(F)(c1cccc(F)c1)C(F)(F)F. The van der Waals surface area contributed by atoms with Crippen LogP contribution in [0.25, 0.3) is 0 Å².